The fraction of sp³-hybridized carbons (Fsp3) is 0.500. The molecule has 2 heterocycles. The molecule has 4 nitrogen and oxygen atoms in total. The van der Waals surface area contributed by atoms with Gasteiger partial charge >= 0.3 is 0 Å². The normalized spacial score (nSPS) is 11.6. The van der Waals surface area contributed by atoms with Crippen molar-refractivity contribution in [2.24, 2.45) is 5.73 Å². The van der Waals surface area contributed by atoms with Crippen molar-refractivity contribution in [3.63, 3.8) is 0 Å². The van der Waals surface area contributed by atoms with Crippen molar-refractivity contribution in [2.45, 2.75) is 33.1 Å². The molecule has 0 bridgehead atoms. The highest BCUT2D eigenvalue weighted by Gasteiger charge is 2.08. The molecule has 2 aromatic heterocycles. The smallest absolute Gasteiger partial charge is 0.140 e. The van der Waals surface area contributed by atoms with Gasteiger partial charge in [-0.1, -0.05) is 13.8 Å². The molecule has 0 aliphatic carbocycles. The van der Waals surface area contributed by atoms with Crippen molar-refractivity contribution in [2.75, 3.05) is 6.54 Å². The number of imidazole rings is 1. The summed E-state index contributed by atoms with van der Waals surface area (Å²) in [5.74, 6) is 1.41. The van der Waals surface area contributed by atoms with E-state index in [9.17, 15) is 0 Å². The predicted octanol–water partition coefficient (Wildman–Crippen LogP) is 1.66. The summed E-state index contributed by atoms with van der Waals surface area (Å²) in [7, 11) is 0. The lowest BCUT2D eigenvalue weighted by molar-refractivity contribution is 0.796. The summed E-state index contributed by atoms with van der Waals surface area (Å²) in [6, 6.07) is 2.05. The third-order valence-corrected chi connectivity index (χ3v) is 2.69. The van der Waals surface area contributed by atoms with Crippen molar-refractivity contribution in [3.05, 3.63) is 29.5 Å². The molecule has 86 valence electrons. The van der Waals surface area contributed by atoms with Crippen LogP contribution in [0.3, 0.4) is 0 Å². The number of aryl methyl sites for hydroxylation is 1. The summed E-state index contributed by atoms with van der Waals surface area (Å²) in [4.78, 5) is 9.12. The zero-order chi connectivity index (χ0) is 11.7. The van der Waals surface area contributed by atoms with Crippen LogP contribution in [-0.4, -0.2) is 20.9 Å². The Morgan fingerprint density at radius 2 is 2.12 bits per heavy atom. The Labute approximate surface area is 95.5 Å². The second-order valence-corrected chi connectivity index (χ2v) is 4.38. The number of aromatic nitrogens is 3. The van der Waals surface area contributed by atoms with E-state index in [1.165, 1.54) is 0 Å². The predicted molar refractivity (Wildman–Crippen MR) is 64.6 cm³/mol. The van der Waals surface area contributed by atoms with Gasteiger partial charge < -0.3 is 5.73 Å². The van der Waals surface area contributed by atoms with Crippen LogP contribution in [0.15, 0.2) is 12.3 Å². The molecule has 0 atom stereocenters. The van der Waals surface area contributed by atoms with Gasteiger partial charge in [0.2, 0.25) is 0 Å². The molecule has 0 unspecified atom stereocenters. The van der Waals surface area contributed by atoms with Crippen LogP contribution >= 0.6 is 0 Å². The highest BCUT2D eigenvalue weighted by molar-refractivity contribution is 5.42. The summed E-state index contributed by atoms with van der Waals surface area (Å²) >= 11 is 0. The molecule has 16 heavy (non-hydrogen) atoms. The minimum atomic E-state index is 0.429. The van der Waals surface area contributed by atoms with Crippen LogP contribution in [-0.2, 0) is 6.42 Å². The number of fused-ring (bicyclic) bond motifs is 1. The minimum Gasteiger partial charge on any atom is -0.330 e. The molecule has 0 saturated carbocycles. The van der Waals surface area contributed by atoms with Crippen LogP contribution in [0, 0.1) is 6.92 Å². The van der Waals surface area contributed by atoms with E-state index in [4.69, 9.17) is 5.73 Å². The number of rotatable bonds is 3. The average molecular weight is 218 g/mol. The van der Waals surface area contributed by atoms with E-state index < -0.39 is 0 Å². The van der Waals surface area contributed by atoms with Gasteiger partial charge in [-0.3, -0.25) is 4.40 Å². The van der Waals surface area contributed by atoms with Gasteiger partial charge in [0.25, 0.3) is 0 Å². The molecule has 0 aromatic carbocycles. The molecule has 2 aromatic rings. The average Bonchev–Trinajstić information content (AvgIpc) is 2.61. The fourth-order valence-corrected chi connectivity index (χ4v) is 1.78. The highest BCUT2D eigenvalue weighted by atomic mass is 15.1. The first-order valence-electron chi connectivity index (χ1n) is 5.67. The molecule has 4 heteroatoms. The van der Waals surface area contributed by atoms with Crippen LogP contribution in [0.2, 0.25) is 0 Å². The SMILES string of the molecule is Cc1nc(C(C)C)cc2nc(CCN)cn12. The fourth-order valence-electron chi connectivity index (χ4n) is 1.78. The Balaban J connectivity index is 2.54. The minimum absolute atomic E-state index is 0.429. The lowest BCUT2D eigenvalue weighted by Gasteiger charge is -2.06. The molecule has 0 fully saturated rings. The van der Waals surface area contributed by atoms with E-state index in [0.717, 1.165) is 29.3 Å². The van der Waals surface area contributed by atoms with Crippen molar-refractivity contribution >= 4 is 5.65 Å². The van der Waals surface area contributed by atoms with Crippen molar-refractivity contribution in [1.82, 2.24) is 14.4 Å². The van der Waals surface area contributed by atoms with E-state index in [-0.39, 0.29) is 0 Å². The first-order valence-corrected chi connectivity index (χ1v) is 5.67. The van der Waals surface area contributed by atoms with Gasteiger partial charge in [-0.05, 0) is 19.4 Å². The highest BCUT2D eigenvalue weighted by Crippen LogP contribution is 2.16. The van der Waals surface area contributed by atoms with Crippen molar-refractivity contribution < 1.29 is 0 Å². The van der Waals surface area contributed by atoms with E-state index in [1.807, 2.05) is 17.5 Å². The Morgan fingerprint density at radius 1 is 1.38 bits per heavy atom. The maximum atomic E-state index is 5.53. The van der Waals surface area contributed by atoms with E-state index >= 15 is 0 Å². The Bertz CT molecular complexity index is 499. The van der Waals surface area contributed by atoms with Crippen LogP contribution in [0.25, 0.3) is 5.65 Å². The lowest BCUT2D eigenvalue weighted by Crippen LogP contribution is -2.02. The summed E-state index contributed by atoms with van der Waals surface area (Å²) in [6.45, 7) is 6.92. The molecule has 0 radical (unpaired) electrons. The first-order chi connectivity index (χ1) is 7.61. The molecular weight excluding hydrogens is 200 g/mol. The van der Waals surface area contributed by atoms with Crippen LogP contribution in [0.4, 0.5) is 0 Å². The van der Waals surface area contributed by atoms with Gasteiger partial charge in [0, 0.05) is 24.4 Å². The molecule has 0 amide bonds. The summed E-state index contributed by atoms with van der Waals surface area (Å²) in [5.41, 5.74) is 8.63. The number of nitrogens with two attached hydrogens (primary N) is 1. The monoisotopic (exact) mass is 218 g/mol. The largest absolute Gasteiger partial charge is 0.330 e. The third-order valence-electron chi connectivity index (χ3n) is 2.69. The Hall–Kier alpha value is -1.42. The van der Waals surface area contributed by atoms with Gasteiger partial charge in [-0.2, -0.15) is 0 Å². The van der Waals surface area contributed by atoms with Crippen molar-refractivity contribution in [1.29, 1.82) is 0 Å². The van der Waals surface area contributed by atoms with Crippen molar-refractivity contribution in [3.8, 4) is 0 Å². The molecule has 0 spiro atoms. The third kappa shape index (κ3) is 1.93. The zero-order valence-electron chi connectivity index (χ0n) is 10.1. The number of hydrogen-bond donors (Lipinski definition) is 1. The number of nitrogens with zero attached hydrogens (tertiary/aromatic N) is 3. The topological polar surface area (TPSA) is 56.2 Å². The Kier molecular flexibility index (Phi) is 2.92. The quantitative estimate of drug-likeness (QED) is 0.852. The standard InChI is InChI=1S/C12H18N4/c1-8(2)11-6-12-15-10(4-5-13)7-16(12)9(3)14-11/h6-8H,4-5,13H2,1-3H3. The zero-order valence-corrected chi connectivity index (χ0v) is 10.1. The lowest BCUT2D eigenvalue weighted by atomic mass is 10.1. The van der Waals surface area contributed by atoms with E-state index in [1.54, 1.807) is 0 Å². The first kappa shape index (κ1) is 11.1. The molecule has 2 rings (SSSR count). The van der Waals surface area contributed by atoms with Gasteiger partial charge in [0.05, 0.1) is 5.69 Å². The Morgan fingerprint density at radius 3 is 2.75 bits per heavy atom. The molecule has 2 N–H and O–H groups in total. The maximum Gasteiger partial charge on any atom is 0.140 e. The second kappa shape index (κ2) is 4.22. The maximum absolute atomic E-state index is 5.53. The van der Waals surface area contributed by atoms with Crippen LogP contribution in [0.1, 0.15) is 37.0 Å². The van der Waals surface area contributed by atoms with E-state index in [2.05, 4.69) is 29.9 Å². The summed E-state index contributed by atoms with van der Waals surface area (Å²) < 4.78 is 2.02. The molecular formula is C12H18N4. The second-order valence-electron chi connectivity index (χ2n) is 4.38. The molecule has 0 aliphatic rings. The van der Waals surface area contributed by atoms with Gasteiger partial charge in [-0.25, -0.2) is 9.97 Å². The van der Waals surface area contributed by atoms with Gasteiger partial charge in [0.15, 0.2) is 0 Å². The van der Waals surface area contributed by atoms with Gasteiger partial charge in [-0.15, -0.1) is 0 Å². The van der Waals surface area contributed by atoms with E-state index in [0.29, 0.717) is 12.5 Å². The van der Waals surface area contributed by atoms with Crippen LogP contribution < -0.4 is 5.73 Å². The molecule has 0 aliphatic heterocycles. The van der Waals surface area contributed by atoms with Crippen LogP contribution in [0.5, 0.6) is 0 Å². The summed E-state index contributed by atoms with van der Waals surface area (Å²) in [5, 5.41) is 0. The molecule has 0 saturated heterocycles. The number of hydrogen-bond acceptors (Lipinski definition) is 3. The summed E-state index contributed by atoms with van der Waals surface area (Å²) in [6.07, 6.45) is 2.84. The van der Waals surface area contributed by atoms with Gasteiger partial charge in [0.1, 0.15) is 11.5 Å².